The Balaban J connectivity index is 0.00000220. The largest absolute Gasteiger partial charge is 0.350 e. The quantitative estimate of drug-likeness (QED) is 0.834. The first kappa shape index (κ1) is 17.9. The molecular formula is C14H26ClN5O. The molecule has 0 radical (unpaired) electrons. The van der Waals surface area contributed by atoms with E-state index in [1.165, 1.54) is 12.8 Å². The van der Waals surface area contributed by atoms with Crippen LogP contribution in [0.2, 0.25) is 0 Å². The second-order valence-electron chi connectivity index (χ2n) is 5.97. The van der Waals surface area contributed by atoms with Crippen LogP contribution in [-0.4, -0.2) is 40.5 Å². The monoisotopic (exact) mass is 315 g/mol. The van der Waals surface area contributed by atoms with Gasteiger partial charge in [-0.15, -0.1) is 17.5 Å². The lowest BCUT2D eigenvalue weighted by Gasteiger charge is -2.22. The average molecular weight is 316 g/mol. The Hall–Kier alpha value is -1.14. The number of carbonyl (C=O) groups excluding carboxylic acids is 1. The Labute approximate surface area is 132 Å². The van der Waals surface area contributed by atoms with Crippen molar-refractivity contribution in [2.45, 2.75) is 39.7 Å². The first-order valence-corrected chi connectivity index (χ1v) is 7.54. The maximum Gasteiger partial charge on any atom is 0.273 e. The van der Waals surface area contributed by atoms with E-state index in [0.29, 0.717) is 24.1 Å². The van der Waals surface area contributed by atoms with Gasteiger partial charge in [0.2, 0.25) is 0 Å². The molecule has 0 spiro atoms. The summed E-state index contributed by atoms with van der Waals surface area (Å²) in [6, 6.07) is 0. The third kappa shape index (κ3) is 6.01. The van der Waals surface area contributed by atoms with Crippen LogP contribution in [0.5, 0.6) is 0 Å². The van der Waals surface area contributed by atoms with Gasteiger partial charge >= 0.3 is 0 Å². The predicted octanol–water partition coefficient (Wildman–Crippen LogP) is 1.48. The minimum Gasteiger partial charge on any atom is -0.350 e. The third-order valence-electron chi connectivity index (χ3n) is 3.66. The van der Waals surface area contributed by atoms with Crippen molar-refractivity contribution in [1.82, 2.24) is 25.6 Å². The van der Waals surface area contributed by atoms with Gasteiger partial charge < -0.3 is 10.6 Å². The average Bonchev–Trinajstić information content (AvgIpc) is 2.92. The number of rotatable bonds is 6. The minimum atomic E-state index is -0.119. The second-order valence-corrected chi connectivity index (χ2v) is 5.97. The van der Waals surface area contributed by atoms with Crippen LogP contribution in [0.3, 0.4) is 0 Å². The number of nitrogens with one attached hydrogen (secondary N) is 2. The zero-order valence-corrected chi connectivity index (χ0v) is 13.7. The Morgan fingerprint density at radius 1 is 1.57 bits per heavy atom. The molecule has 1 aliphatic rings. The zero-order chi connectivity index (χ0) is 14.4. The number of aryl methyl sites for hydroxylation is 1. The predicted molar refractivity (Wildman–Crippen MR) is 84.7 cm³/mol. The summed E-state index contributed by atoms with van der Waals surface area (Å²) in [5.74, 6) is 1.03. The van der Waals surface area contributed by atoms with Gasteiger partial charge in [-0.3, -0.25) is 9.48 Å². The zero-order valence-electron chi connectivity index (χ0n) is 12.8. The molecular weight excluding hydrogens is 290 g/mol. The van der Waals surface area contributed by atoms with E-state index in [1.54, 1.807) is 10.9 Å². The van der Waals surface area contributed by atoms with E-state index in [-0.39, 0.29) is 18.3 Å². The van der Waals surface area contributed by atoms with Crippen molar-refractivity contribution < 1.29 is 4.79 Å². The maximum atomic E-state index is 12.0. The summed E-state index contributed by atoms with van der Waals surface area (Å²) < 4.78 is 1.75. The molecule has 120 valence electrons. The van der Waals surface area contributed by atoms with E-state index in [9.17, 15) is 4.79 Å². The molecule has 2 heterocycles. The van der Waals surface area contributed by atoms with Crippen LogP contribution in [0.4, 0.5) is 0 Å². The van der Waals surface area contributed by atoms with Crippen molar-refractivity contribution in [2.24, 2.45) is 11.8 Å². The van der Waals surface area contributed by atoms with E-state index in [4.69, 9.17) is 0 Å². The van der Waals surface area contributed by atoms with Gasteiger partial charge in [0, 0.05) is 13.1 Å². The summed E-state index contributed by atoms with van der Waals surface area (Å²) in [7, 11) is 0. The smallest absolute Gasteiger partial charge is 0.273 e. The summed E-state index contributed by atoms with van der Waals surface area (Å²) in [6.07, 6.45) is 5.13. The highest BCUT2D eigenvalue weighted by Crippen LogP contribution is 2.08. The molecule has 1 aliphatic heterocycles. The van der Waals surface area contributed by atoms with E-state index in [0.717, 1.165) is 26.1 Å². The second kappa shape index (κ2) is 9.00. The molecule has 2 N–H and O–H groups in total. The molecule has 1 unspecified atom stereocenters. The lowest BCUT2D eigenvalue weighted by molar-refractivity contribution is 0.0939. The number of piperidine rings is 1. The molecule has 2 rings (SSSR count). The first-order valence-electron chi connectivity index (χ1n) is 7.54. The SMILES string of the molecule is CC(C)CCn1cc(C(=O)NCC2CCCNC2)nn1.Cl. The fourth-order valence-electron chi connectivity index (χ4n) is 2.33. The number of halogens is 1. The highest BCUT2D eigenvalue weighted by atomic mass is 35.5. The summed E-state index contributed by atoms with van der Waals surface area (Å²) in [6.45, 7) is 7.94. The molecule has 1 aromatic heterocycles. The molecule has 6 nitrogen and oxygen atoms in total. The highest BCUT2D eigenvalue weighted by Gasteiger charge is 2.16. The van der Waals surface area contributed by atoms with E-state index < -0.39 is 0 Å². The first-order chi connectivity index (χ1) is 9.65. The molecule has 0 saturated carbocycles. The number of aromatic nitrogens is 3. The molecule has 1 fully saturated rings. The van der Waals surface area contributed by atoms with Crippen LogP contribution in [0, 0.1) is 11.8 Å². The number of nitrogens with zero attached hydrogens (tertiary/aromatic N) is 3. The van der Waals surface area contributed by atoms with Crippen molar-refractivity contribution in [3.05, 3.63) is 11.9 Å². The molecule has 1 saturated heterocycles. The van der Waals surface area contributed by atoms with Crippen LogP contribution in [0.25, 0.3) is 0 Å². The van der Waals surface area contributed by atoms with Gasteiger partial charge in [-0.05, 0) is 44.2 Å². The third-order valence-corrected chi connectivity index (χ3v) is 3.66. The molecule has 0 bridgehead atoms. The summed E-state index contributed by atoms with van der Waals surface area (Å²) in [5, 5.41) is 14.2. The Morgan fingerprint density at radius 2 is 2.38 bits per heavy atom. The highest BCUT2D eigenvalue weighted by molar-refractivity contribution is 5.91. The lowest BCUT2D eigenvalue weighted by atomic mass is 10.00. The normalized spacial score (nSPS) is 18.3. The molecule has 1 aromatic rings. The van der Waals surface area contributed by atoms with E-state index in [1.807, 2.05) is 0 Å². The topological polar surface area (TPSA) is 71.8 Å². The molecule has 7 heteroatoms. The number of hydrogen-bond acceptors (Lipinski definition) is 4. The minimum absolute atomic E-state index is 0. The van der Waals surface area contributed by atoms with Gasteiger partial charge in [-0.2, -0.15) is 0 Å². The van der Waals surface area contributed by atoms with Crippen molar-refractivity contribution in [3.63, 3.8) is 0 Å². The van der Waals surface area contributed by atoms with Crippen LogP contribution >= 0.6 is 12.4 Å². The van der Waals surface area contributed by atoms with Gasteiger partial charge in [-0.25, -0.2) is 0 Å². The van der Waals surface area contributed by atoms with Gasteiger partial charge in [-0.1, -0.05) is 19.1 Å². The van der Waals surface area contributed by atoms with Gasteiger partial charge in [0.05, 0.1) is 6.20 Å². The molecule has 21 heavy (non-hydrogen) atoms. The fourth-order valence-corrected chi connectivity index (χ4v) is 2.33. The molecule has 0 aromatic carbocycles. The summed E-state index contributed by atoms with van der Waals surface area (Å²) in [5.41, 5.74) is 0.414. The van der Waals surface area contributed by atoms with Crippen LogP contribution in [0.1, 0.15) is 43.6 Å². The molecule has 1 atom stereocenters. The Kier molecular flexibility index (Phi) is 7.67. The van der Waals surface area contributed by atoms with Gasteiger partial charge in [0.25, 0.3) is 5.91 Å². The van der Waals surface area contributed by atoms with Crippen molar-refractivity contribution in [3.8, 4) is 0 Å². The van der Waals surface area contributed by atoms with Gasteiger partial charge in [0.1, 0.15) is 0 Å². The molecule has 0 aliphatic carbocycles. The lowest BCUT2D eigenvalue weighted by Crippen LogP contribution is -2.38. The maximum absolute atomic E-state index is 12.0. The Morgan fingerprint density at radius 3 is 3.05 bits per heavy atom. The standard InChI is InChI=1S/C14H25N5O.ClH/c1-11(2)5-7-19-10-13(17-18-19)14(20)16-9-12-4-3-6-15-8-12;/h10-12,15H,3-9H2,1-2H3,(H,16,20);1H. The number of amides is 1. The van der Waals surface area contributed by atoms with Gasteiger partial charge in [0.15, 0.2) is 5.69 Å². The van der Waals surface area contributed by atoms with Crippen LogP contribution in [0.15, 0.2) is 6.20 Å². The van der Waals surface area contributed by atoms with Crippen LogP contribution < -0.4 is 10.6 Å². The van der Waals surface area contributed by atoms with E-state index >= 15 is 0 Å². The van der Waals surface area contributed by atoms with Crippen molar-refractivity contribution in [1.29, 1.82) is 0 Å². The Bertz CT molecular complexity index is 429. The number of carbonyl (C=O) groups is 1. The summed E-state index contributed by atoms with van der Waals surface area (Å²) >= 11 is 0. The fraction of sp³-hybridized carbons (Fsp3) is 0.786. The summed E-state index contributed by atoms with van der Waals surface area (Å²) in [4.78, 5) is 12.0. The van der Waals surface area contributed by atoms with Crippen molar-refractivity contribution >= 4 is 18.3 Å². The van der Waals surface area contributed by atoms with Crippen molar-refractivity contribution in [2.75, 3.05) is 19.6 Å². The number of hydrogen-bond donors (Lipinski definition) is 2. The molecule has 1 amide bonds. The van der Waals surface area contributed by atoms with Crippen LogP contribution in [-0.2, 0) is 6.54 Å². The van der Waals surface area contributed by atoms with E-state index in [2.05, 4.69) is 34.8 Å².